The largest absolute Gasteiger partial charge is 0.456 e. The zero-order valence-electron chi connectivity index (χ0n) is 9.58. The zero-order valence-corrected chi connectivity index (χ0v) is 9.58. The molecule has 2 nitrogen and oxygen atoms in total. The molecule has 0 atom stereocenters. The Morgan fingerprint density at radius 3 is 2.33 bits per heavy atom. The van der Waals surface area contributed by atoms with E-state index in [9.17, 15) is 8.78 Å². The van der Waals surface area contributed by atoms with Gasteiger partial charge < -0.3 is 4.74 Å². The average molecular weight is 245 g/mol. The van der Waals surface area contributed by atoms with E-state index in [0.29, 0.717) is 5.56 Å². The van der Waals surface area contributed by atoms with Crippen molar-refractivity contribution in [2.75, 3.05) is 0 Å². The lowest BCUT2D eigenvalue weighted by molar-refractivity contribution is 0.466. The second kappa shape index (κ2) is 4.84. The highest BCUT2D eigenvalue weighted by atomic mass is 19.1. The van der Waals surface area contributed by atoms with E-state index in [1.165, 1.54) is 0 Å². The van der Waals surface area contributed by atoms with Gasteiger partial charge in [0.1, 0.15) is 29.2 Å². The van der Waals surface area contributed by atoms with E-state index >= 15 is 0 Å². The molecule has 18 heavy (non-hydrogen) atoms. The summed E-state index contributed by atoms with van der Waals surface area (Å²) < 4.78 is 31.4. The highest BCUT2D eigenvalue weighted by Crippen LogP contribution is 2.27. The number of aryl methyl sites for hydroxylation is 1. The molecule has 0 radical (unpaired) electrons. The number of nitrogens with zero attached hydrogens (tertiary/aromatic N) is 1. The van der Waals surface area contributed by atoms with Crippen molar-refractivity contribution in [3.8, 4) is 17.6 Å². The van der Waals surface area contributed by atoms with Crippen LogP contribution in [-0.4, -0.2) is 0 Å². The molecule has 0 aliphatic carbocycles. The highest BCUT2D eigenvalue weighted by molar-refractivity contribution is 5.47. The first-order valence-corrected chi connectivity index (χ1v) is 5.23. The van der Waals surface area contributed by atoms with Crippen LogP contribution in [0.1, 0.15) is 11.1 Å². The van der Waals surface area contributed by atoms with E-state index in [0.717, 1.165) is 23.8 Å². The molecule has 0 amide bonds. The summed E-state index contributed by atoms with van der Waals surface area (Å²) in [5.74, 6) is -1.15. The van der Waals surface area contributed by atoms with Crippen LogP contribution >= 0.6 is 0 Å². The third-order valence-electron chi connectivity index (χ3n) is 2.32. The van der Waals surface area contributed by atoms with Crippen molar-refractivity contribution in [3.63, 3.8) is 0 Å². The van der Waals surface area contributed by atoms with Crippen molar-refractivity contribution in [1.82, 2.24) is 0 Å². The first-order valence-electron chi connectivity index (χ1n) is 5.23. The van der Waals surface area contributed by atoms with Gasteiger partial charge in [-0.3, -0.25) is 0 Å². The van der Waals surface area contributed by atoms with Gasteiger partial charge in [-0.1, -0.05) is 6.07 Å². The van der Waals surface area contributed by atoms with E-state index in [-0.39, 0.29) is 11.5 Å². The van der Waals surface area contributed by atoms with Crippen molar-refractivity contribution < 1.29 is 13.5 Å². The van der Waals surface area contributed by atoms with Crippen LogP contribution in [0.5, 0.6) is 11.5 Å². The Labute approximate surface area is 103 Å². The van der Waals surface area contributed by atoms with Gasteiger partial charge in [0.2, 0.25) is 0 Å². The number of nitriles is 1. The maximum Gasteiger partial charge on any atom is 0.145 e. The molecule has 0 unspecified atom stereocenters. The Kier molecular flexibility index (Phi) is 3.24. The summed E-state index contributed by atoms with van der Waals surface area (Å²) in [7, 11) is 0. The molecule has 4 heteroatoms. The maximum absolute atomic E-state index is 13.0. The van der Waals surface area contributed by atoms with E-state index in [4.69, 9.17) is 10.00 Å². The summed E-state index contributed by atoms with van der Waals surface area (Å²) in [5, 5.41) is 8.92. The minimum absolute atomic E-state index is 0.0228. The molecular weight excluding hydrogens is 236 g/mol. The molecule has 90 valence electrons. The van der Waals surface area contributed by atoms with Crippen molar-refractivity contribution in [1.29, 1.82) is 5.26 Å². The molecule has 0 aliphatic heterocycles. The predicted molar refractivity (Wildman–Crippen MR) is 62.3 cm³/mol. The highest BCUT2D eigenvalue weighted by Gasteiger charge is 2.07. The first kappa shape index (κ1) is 12.1. The second-order valence-electron chi connectivity index (χ2n) is 3.82. The minimum atomic E-state index is -0.726. The Balaban J connectivity index is 2.39. The molecule has 0 saturated heterocycles. The molecule has 2 aromatic carbocycles. The average Bonchev–Trinajstić information content (AvgIpc) is 2.27. The summed E-state index contributed by atoms with van der Waals surface area (Å²) in [5.41, 5.74) is 1.20. The molecule has 0 N–H and O–H groups in total. The number of rotatable bonds is 2. The number of halogens is 2. The van der Waals surface area contributed by atoms with Crippen molar-refractivity contribution in [2.24, 2.45) is 0 Å². The summed E-state index contributed by atoms with van der Waals surface area (Å²) in [6.07, 6.45) is 0. The number of hydrogen-bond donors (Lipinski definition) is 0. The molecule has 0 fully saturated rings. The minimum Gasteiger partial charge on any atom is -0.456 e. The second-order valence-corrected chi connectivity index (χ2v) is 3.82. The zero-order chi connectivity index (χ0) is 13.1. The predicted octanol–water partition coefficient (Wildman–Crippen LogP) is 3.94. The normalized spacial score (nSPS) is 9.89. The van der Waals surface area contributed by atoms with E-state index in [1.807, 2.05) is 13.0 Å². The van der Waals surface area contributed by atoms with Crippen LogP contribution in [0.15, 0.2) is 36.4 Å². The van der Waals surface area contributed by atoms with Gasteiger partial charge >= 0.3 is 0 Å². The van der Waals surface area contributed by atoms with Gasteiger partial charge in [0.15, 0.2) is 0 Å². The number of ether oxygens (including phenoxy) is 1. The summed E-state index contributed by atoms with van der Waals surface area (Å²) >= 11 is 0. The van der Waals surface area contributed by atoms with Crippen LogP contribution in [0.4, 0.5) is 8.78 Å². The van der Waals surface area contributed by atoms with Gasteiger partial charge in [-0.25, -0.2) is 8.78 Å². The van der Waals surface area contributed by atoms with Gasteiger partial charge in [0.05, 0.1) is 5.56 Å². The fraction of sp³-hybridized carbons (Fsp3) is 0.0714. The summed E-state index contributed by atoms with van der Waals surface area (Å²) in [6.45, 7) is 1.83. The van der Waals surface area contributed by atoms with Crippen LogP contribution in [-0.2, 0) is 0 Å². The standard InChI is InChI=1S/C14H9F2NO/c1-9-2-3-10(8-17)14(4-9)18-13-6-11(15)5-12(16)7-13/h2-7H,1H3. The van der Waals surface area contributed by atoms with Gasteiger partial charge in [0, 0.05) is 18.2 Å². The molecule has 0 bridgehead atoms. The molecule has 0 aliphatic rings. The Bertz CT molecular complexity index is 612. The van der Waals surface area contributed by atoms with Gasteiger partial charge in [-0.05, 0) is 24.6 Å². The first-order chi connectivity index (χ1) is 8.58. The molecule has 0 heterocycles. The molecular formula is C14H9F2NO. The lowest BCUT2D eigenvalue weighted by Gasteiger charge is -2.08. The molecule has 0 spiro atoms. The Morgan fingerprint density at radius 1 is 1.06 bits per heavy atom. The SMILES string of the molecule is Cc1ccc(C#N)c(Oc2cc(F)cc(F)c2)c1. The molecule has 2 rings (SSSR count). The monoisotopic (exact) mass is 245 g/mol. The van der Waals surface area contributed by atoms with Crippen LogP contribution in [0.3, 0.4) is 0 Å². The number of benzene rings is 2. The topological polar surface area (TPSA) is 33.0 Å². The quantitative estimate of drug-likeness (QED) is 0.802. The van der Waals surface area contributed by atoms with Gasteiger partial charge in [-0.15, -0.1) is 0 Å². The van der Waals surface area contributed by atoms with E-state index in [1.54, 1.807) is 18.2 Å². The summed E-state index contributed by atoms with van der Waals surface area (Å²) in [4.78, 5) is 0. The lowest BCUT2D eigenvalue weighted by atomic mass is 10.1. The third-order valence-corrected chi connectivity index (χ3v) is 2.32. The Hall–Kier alpha value is -2.41. The molecule has 2 aromatic rings. The van der Waals surface area contributed by atoms with Crippen LogP contribution in [0.25, 0.3) is 0 Å². The third kappa shape index (κ3) is 2.64. The van der Waals surface area contributed by atoms with Crippen molar-refractivity contribution >= 4 is 0 Å². The van der Waals surface area contributed by atoms with Gasteiger partial charge in [0.25, 0.3) is 0 Å². The van der Waals surface area contributed by atoms with Crippen LogP contribution in [0, 0.1) is 29.9 Å². The van der Waals surface area contributed by atoms with Gasteiger partial charge in [-0.2, -0.15) is 5.26 Å². The fourth-order valence-electron chi connectivity index (χ4n) is 1.52. The summed E-state index contributed by atoms with van der Waals surface area (Å²) in [6, 6.07) is 9.84. The lowest BCUT2D eigenvalue weighted by Crippen LogP contribution is -1.91. The van der Waals surface area contributed by atoms with Crippen molar-refractivity contribution in [3.05, 3.63) is 59.2 Å². The number of hydrogen-bond acceptors (Lipinski definition) is 2. The smallest absolute Gasteiger partial charge is 0.145 e. The van der Waals surface area contributed by atoms with Crippen molar-refractivity contribution in [2.45, 2.75) is 6.92 Å². The van der Waals surface area contributed by atoms with E-state index < -0.39 is 11.6 Å². The maximum atomic E-state index is 13.0. The fourth-order valence-corrected chi connectivity index (χ4v) is 1.52. The molecule has 0 aromatic heterocycles. The van der Waals surface area contributed by atoms with E-state index in [2.05, 4.69) is 0 Å². The van der Waals surface area contributed by atoms with Crippen LogP contribution < -0.4 is 4.74 Å². The Morgan fingerprint density at radius 2 is 1.72 bits per heavy atom. The van der Waals surface area contributed by atoms with Crippen LogP contribution in [0.2, 0.25) is 0 Å². The molecule has 0 saturated carbocycles.